The fourth-order valence-corrected chi connectivity index (χ4v) is 2.47. The van der Waals surface area contributed by atoms with Gasteiger partial charge >= 0.3 is 5.97 Å². The Bertz CT molecular complexity index is 311. The van der Waals surface area contributed by atoms with Crippen molar-refractivity contribution in [1.82, 2.24) is 4.90 Å². The van der Waals surface area contributed by atoms with E-state index >= 15 is 0 Å². The first kappa shape index (κ1) is 10.2. The number of carbonyl (C=O) groups excluding carboxylic acids is 1. The van der Waals surface area contributed by atoms with E-state index in [1.807, 2.05) is 0 Å². The number of β-lactam (4-membered cyclic amide) rings is 1. The topological polar surface area (TPSA) is 57.6 Å². The highest BCUT2D eigenvalue weighted by molar-refractivity contribution is 5.89. The van der Waals surface area contributed by atoms with Crippen molar-refractivity contribution in [2.75, 3.05) is 6.54 Å². The van der Waals surface area contributed by atoms with Gasteiger partial charge in [0, 0.05) is 6.04 Å². The summed E-state index contributed by atoms with van der Waals surface area (Å²) in [7, 11) is 0. The average molecular weight is 209 g/mol. The van der Waals surface area contributed by atoms with Crippen molar-refractivity contribution in [3.8, 4) is 0 Å². The number of nitrogens with zero attached hydrogens (tertiary/aromatic N) is 1. The lowest BCUT2D eigenvalue weighted by Crippen LogP contribution is -2.62. The largest absolute Gasteiger partial charge is 0.480 e. The summed E-state index contributed by atoms with van der Waals surface area (Å²) in [6.45, 7) is -0.135. The zero-order valence-corrected chi connectivity index (χ0v) is 8.56. The minimum Gasteiger partial charge on any atom is -0.480 e. The van der Waals surface area contributed by atoms with Crippen LogP contribution in [-0.2, 0) is 9.59 Å². The van der Waals surface area contributed by atoms with E-state index in [0.717, 1.165) is 25.7 Å². The van der Waals surface area contributed by atoms with Crippen molar-refractivity contribution in [1.29, 1.82) is 0 Å². The summed E-state index contributed by atoms with van der Waals surface area (Å²) in [4.78, 5) is 23.7. The second-order valence-corrected chi connectivity index (χ2v) is 4.16. The summed E-state index contributed by atoms with van der Waals surface area (Å²) in [5.41, 5.74) is 0. The summed E-state index contributed by atoms with van der Waals surface area (Å²) in [5.74, 6) is -0.814. The van der Waals surface area contributed by atoms with Gasteiger partial charge in [0.05, 0.1) is 5.92 Å². The fourth-order valence-electron chi connectivity index (χ4n) is 2.47. The van der Waals surface area contributed by atoms with Gasteiger partial charge in [-0.3, -0.25) is 9.59 Å². The molecule has 2 aliphatic rings. The van der Waals surface area contributed by atoms with Crippen LogP contribution in [0, 0.1) is 5.92 Å². The molecule has 82 valence electrons. The molecule has 2 rings (SSSR count). The summed E-state index contributed by atoms with van der Waals surface area (Å²) in [6, 6.07) is 0.165. The van der Waals surface area contributed by atoms with Gasteiger partial charge in [0.15, 0.2) is 0 Å². The summed E-state index contributed by atoms with van der Waals surface area (Å²) in [5, 5.41) is 8.67. The molecule has 4 heteroatoms. The predicted molar refractivity (Wildman–Crippen MR) is 54.2 cm³/mol. The molecule has 0 radical (unpaired) electrons. The normalized spacial score (nSPS) is 30.1. The van der Waals surface area contributed by atoms with E-state index in [9.17, 15) is 9.59 Å². The van der Waals surface area contributed by atoms with Crippen LogP contribution < -0.4 is 0 Å². The van der Waals surface area contributed by atoms with E-state index in [1.54, 1.807) is 0 Å². The summed E-state index contributed by atoms with van der Waals surface area (Å²) in [6.07, 6.45) is 7.90. The summed E-state index contributed by atoms with van der Waals surface area (Å²) < 4.78 is 0. The maximum absolute atomic E-state index is 11.6. The molecule has 0 bridgehead atoms. The van der Waals surface area contributed by atoms with Gasteiger partial charge in [-0.1, -0.05) is 12.2 Å². The molecule has 1 heterocycles. The number of amides is 1. The number of aliphatic carboxylic acids is 1. The molecule has 1 amide bonds. The van der Waals surface area contributed by atoms with E-state index in [4.69, 9.17) is 5.11 Å². The Balaban J connectivity index is 2.02. The Morgan fingerprint density at radius 3 is 2.73 bits per heavy atom. The lowest BCUT2D eigenvalue weighted by molar-refractivity contribution is -0.163. The van der Waals surface area contributed by atoms with Crippen LogP contribution >= 0.6 is 0 Å². The number of hydrogen-bond acceptors (Lipinski definition) is 2. The van der Waals surface area contributed by atoms with Gasteiger partial charge < -0.3 is 10.0 Å². The van der Waals surface area contributed by atoms with Gasteiger partial charge in [-0.05, 0) is 25.7 Å². The van der Waals surface area contributed by atoms with Crippen molar-refractivity contribution >= 4 is 11.9 Å². The number of hydrogen-bond donors (Lipinski definition) is 1. The molecule has 2 atom stereocenters. The van der Waals surface area contributed by atoms with Crippen LogP contribution in [0.15, 0.2) is 12.2 Å². The molecule has 1 aliphatic heterocycles. The Morgan fingerprint density at radius 1 is 1.40 bits per heavy atom. The Morgan fingerprint density at radius 2 is 2.07 bits per heavy atom. The molecular formula is C11H15NO3. The summed E-state index contributed by atoms with van der Waals surface area (Å²) >= 11 is 0. The average Bonchev–Trinajstić information content (AvgIpc) is 2.15. The monoisotopic (exact) mass is 209 g/mol. The first-order chi connectivity index (χ1) is 7.20. The van der Waals surface area contributed by atoms with Crippen LogP contribution in [0.2, 0.25) is 0 Å². The van der Waals surface area contributed by atoms with E-state index < -0.39 is 5.97 Å². The molecule has 2 unspecified atom stereocenters. The van der Waals surface area contributed by atoms with E-state index in [1.165, 1.54) is 4.90 Å². The molecule has 15 heavy (non-hydrogen) atoms. The smallest absolute Gasteiger partial charge is 0.323 e. The van der Waals surface area contributed by atoms with Crippen LogP contribution in [0.1, 0.15) is 25.7 Å². The molecule has 1 aliphatic carbocycles. The minimum absolute atomic E-state index is 0.0256. The van der Waals surface area contributed by atoms with Gasteiger partial charge in [0.25, 0.3) is 0 Å². The van der Waals surface area contributed by atoms with Gasteiger partial charge in [0.2, 0.25) is 5.91 Å². The molecule has 1 N–H and O–H groups in total. The number of rotatable bonds is 2. The molecule has 0 aromatic rings. The number of carboxylic acid groups (broad SMARTS) is 1. The highest BCUT2D eigenvalue weighted by Crippen LogP contribution is 2.34. The Labute approximate surface area is 88.6 Å². The highest BCUT2D eigenvalue weighted by atomic mass is 16.4. The number of allylic oxidation sites excluding steroid dienone is 2. The van der Waals surface area contributed by atoms with E-state index in [-0.39, 0.29) is 24.4 Å². The number of likely N-dealkylation sites (tertiary alicyclic amines) is 1. The molecule has 0 aromatic heterocycles. The zero-order valence-electron chi connectivity index (χ0n) is 8.56. The van der Waals surface area contributed by atoms with Gasteiger partial charge in [-0.25, -0.2) is 0 Å². The second kappa shape index (κ2) is 4.04. The third-order valence-electron chi connectivity index (χ3n) is 3.21. The van der Waals surface area contributed by atoms with Gasteiger partial charge in [-0.2, -0.15) is 0 Å². The molecule has 1 fully saturated rings. The van der Waals surface area contributed by atoms with E-state index in [2.05, 4.69) is 12.2 Å². The molecule has 0 aromatic carbocycles. The minimum atomic E-state index is -0.917. The van der Waals surface area contributed by atoms with Gasteiger partial charge in [0.1, 0.15) is 6.54 Å². The third-order valence-corrected chi connectivity index (χ3v) is 3.21. The third kappa shape index (κ3) is 1.89. The van der Waals surface area contributed by atoms with Crippen molar-refractivity contribution in [2.45, 2.75) is 31.7 Å². The van der Waals surface area contributed by atoms with Crippen molar-refractivity contribution in [3.05, 3.63) is 12.2 Å². The fraction of sp³-hybridized carbons (Fsp3) is 0.636. The van der Waals surface area contributed by atoms with Gasteiger partial charge in [-0.15, -0.1) is 0 Å². The molecule has 0 saturated carbocycles. The molecule has 4 nitrogen and oxygen atoms in total. The molecular weight excluding hydrogens is 194 g/mol. The zero-order chi connectivity index (χ0) is 10.8. The van der Waals surface area contributed by atoms with Crippen LogP contribution in [0.5, 0.6) is 0 Å². The molecule has 0 spiro atoms. The van der Waals surface area contributed by atoms with Crippen molar-refractivity contribution < 1.29 is 14.7 Å². The van der Waals surface area contributed by atoms with Crippen LogP contribution in [-0.4, -0.2) is 34.5 Å². The molecule has 1 saturated heterocycles. The lowest BCUT2D eigenvalue weighted by atomic mass is 9.80. The van der Waals surface area contributed by atoms with Crippen molar-refractivity contribution in [2.24, 2.45) is 5.92 Å². The van der Waals surface area contributed by atoms with Crippen LogP contribution in [0.25, 0.3) is 0 Å². The van der Waals surface area contributed by atoms with Crippen molar-refractivity contribution in [3.63, 3.8) is 0 Å². The maximum atomic E-state index is 11.6. The predicted octanol–water partition coefficient (Wildman–Crippen LogP) is 1.03. The highest BCUT2D eigenvalue weighted by Gasteiger charge is 2.46. The number of carboxylic acids is 1. The van der Waals surface area contributed by atoms with Crippen LogP contribution in [0.4, 0.5) is 0 Å². The standard InChI is InChI=1S/C11H15NO3/c13-10(14)7-12-9-6-4-2-1-3-5-8(9)11(12)15/h1-2,8-9H,3-7H2,(H,13,14). The maximum Gasteiger partial charge on any atom is 0.323 e. The lowest BCUT2D eigenvalue weighted by Gasteiger charge is -2.47. The Kier molecular flexibility index (Phi) is 2.75. The first-order valence-electron chi connectivity index (χ1n) is 5.37. The van der Waals surface area contributed by atoms with Crippen LogP contribution in [0.3, 0.4) is 0 Å². The van der Waals surface area contributed by atoms with E-state index in [0.29, 0.717) is 0 Å². The number of fused-ring (bicyclic) bond motifs is 1. The first-order valence-corrected chi connectivity index (χ1v) is 5.37. The number of carbonyl (C=O) groups is 2. The quantitative estimate of drug-likeness (QED) is 0.546. The Hall–Kier alpha value is -1.32. The SMILES string of the molecule is O=C(O)CN1C(=O)C2CCC=CCCC21. The second-order valence-electron chi connectivity index (χ2n) is 4.16.